The van der Waals surface area contributed by atoms with Crippen LogP contribution >= 0.6 is 0 Å². The Bertz CT molecular complexity index is 930. The van der Waals surface area contributed by atoms with E-state index in [9.17, 15) is 17.6 Å². The van der Waals surface area contributed by atoms with Crippen molar-refractivity contribution in [3.05, 3.63) is 59.9 Å². The molecule has 1 saturated carbocycles. The van der Waals surface area contributed by atoms with Crippen molar-refractivity contribution in [2.45, 2.75) is 43.5 Å². The molecule has 0 saturated heterocycles. The van der Waals surface area contributed by atoms with Crippen molar-refractivity contribution < 1.29 is 17.6 Å². The van der Waals surface area contributed by atoms with E-state index in [0.717, 1.165) is 19.3 Å². The van der Waals surface area contributed by atoms with Gasteiger partial charge in [-0.3, -0.25) is 9.52 Å². The molecular formula is C20H23FN2O3S. The molecule has 0 heterocycles. The largest absolute Gasteiger partial charge is 0.349 e. The number of para-hydroxylation sites is 1. The Morgan fingerprint density at radius 1 is 1.07 bits per heavy atom. The Kier molecular flexibility index (Phi) is 5.79. The lowest BCUT2D eigenvalue weighted by Crippen LogP contribution is -2.41. The van der Waals surface area contributed by atoms with Gasteiger partial charge in [0.25, 0.3) is 15.9 Å². The Morgan fingerprint density at radius 3 is 2.56 bits per heavy atom. The molecular weight excluding hydrogens is 367 g/mol. The first-order valence-electron chi connectivity index (χ1n) is 9.05. The van der Waals surface area contributed by atoms with Gasteiger partial charge >= 0.3 is 0 Å². The molecule has 1 aliphatic carbocycles. The lowest BCUT2D eigenvalue weighted by Gasteiger charge is -2.29. The third kappa shape index (κ3) is 4.66. The predicted molar refractivity (Wildman–Crippen MR) is 103 cm³/mol. The second kappa shape index (κ2) is 8.08. The molecule has 0 unspecified atom stereocenters. The summed E-state index contributed by atoms with van der Waals surface area (Å²) in [6.45, 7) is 2.11. The van der Waals surface area contributed by atoms with E-state index < -0.39 is 15.8 Å². The van der Waals surface area contributed by atoms with E-state index in [1.54, 1.807) is 6.07 Å². The van der Waals surface area contributed by atoms with Gasteiger partial charge in [0.2, 0.25) is 0 Å². The third-order valence-electron chi connectivity index (χ3n) is 4.95. The molecule has 0 aliphatic heterocycles. The molecule has 1 aliphatic rings. The van der Waals surface area contributed by atoms with Crippen LogP contribution in [0.5, 0.6) is 0 Å². The Balaban J connectivity index is 1.78. The minimum absolute atomic E-state index is 0.0879. The summed E-state index contributed by atoms with van der Waals surface area (Å²) in [4.78, 5) is 12.5. The lowest BCUT2D eigenvalue weighted by molar-refractivity contribution is 0.0910. The maximum absolute atomic E-state index is 13.7. The summed E-state index contributed by atoms with van der Waals surface area (Å²) < 4.78 is 41.1. The van der Waals surface area contributed by atoms with Crippen LogP contribution in [0.25, 0.3) is 0 Å². The highest BCUT2D eigenvalue weighted by molar-refractivity contribution is 7.92. The number of rotatable bonds is 5. The summed E-state index contributed by atoms with van der Waals surface area (Å²) in [7, 11) is -4.01. The molecule has 2 aromatic rings. The second-order valence-electron chi connectivity index (χ2n) is 6.95. The van der Waals surface area contributed by atoms with Gasteiger partial charge in [0.05, 0.1) is 10.6 Å². The van der Waals surface area contributed by atoms with Crippen molar-refractivity contribution in [3.63, 3.8) is 0 Å². The van der Waals surface area contributed by atoms with Gasteiger partial charge in [-0.2, -0.15) is 0 Å². The van der Waals surface area contributed by atoms with Crippen LogP contribution in [0.15, 0.2) is 53.4 Å². The van der Waals surface area contributed by atoms with Crippen LogP contribution in [0.3, 0.4) is 0 Å². The molecule has 3 rings (SSSR count). The van der Waals surface area contributed by atoms with E-state index in [1.165, 1.54) is 48.9 Å². The van der Waals surface area contributed by atoms with Crippen LogP contribution in [0, 0.1) is 11.7 Å². The van der Waals surface area contributed by atoms with Gasteiger partial charge in [0.15, 0.2) is 0 Å². The highest BCUT2D eigenvalue weighted by Gasteiger charge is 2.24. The molecule has 1 fully saturated rings. The first-order valence-corrected chi connectivity index (χ1v) is 10.5. The van der Waals surface area contributed by atoms with Crippen molar-refractivity contribution in [3.8, 4) is 0 Å². The molecule has 0 aromatic heterocycles. The third-order valence-corrected chi connectivity index (χ3v) is 6.32. The lowest BCUT2D eigenvalue weighted by atomic mass is 9.86. The molecule has 0 bridgehead atoms. The zero-order chi connectivity index (χ0) is 19.4. The maximum Gasteiger partial charge on any atom is 0.262 e. The summed E-state index contributed by atoms with van der Waals surface area (Å²) in [6.07, 6.45) is 4.25. The standard InChI is InChI=1S/C20H23FN2O3S/c1-14-7-2-4-11-18(14)22-20(24)15-8-6-9-16(13-15)27(25,26)23-19-12-5-3-10-17(19)21/h3,5-6,8-10,12-14,18,23H,2,4,7,11H2,1H3,(H,22,24)/t14-,18+/m1/s1. The summed E-state index contributed by atoms with van der Waals surface area (Å²) in [5, 5.41) is 3.01. The predicted octanol–water partition coefficient (Wildman–Crippen LogP) is 3.94. The zero-order valence-corrected chi connectivity index (χ0v) is 15.9. The van der Waals surface area contributed by atoms with Crippen molar-refractivity contribution >= 4 is 21.6 Å². The van der Waals surface area contributed by atoms with E-state index >= 15 is 0 Å². The zero-order valence-electron chi connectivity index (χ0n) is 15.1. The van der Waals surface area contributed by atoms with Gasteiger partial charge in [0.1, 0.15) is 5.82 Å². The minimum Gasteiger partial charge on any atom is -0.349 e. The van der Waals surface area contributed by atoms with Gasteiger partial charge in [-0.05, 0) is 49.1 Å². The first kappa shape index (κ1) is 19.4. The summed E-state index contributed by atoms with van der Waals surface area (Å²) >= 11 is 0. The van der Waals surface area contributed by atoms with Crippen LogP contribution in [0.1, 0.15) is 43.0 Å². The first-order chi connectivity index (χ1) is 12.9. The highest BCUT2D eigenvalue weighted by Crippen LogP contribution is 2.24. The van der Waals surface area contributed by atoms with Crippen molar-refractivity contribution in [1.82, 2.24) is 5.32 Å². The van der Waals surface area contributed by atoms with Gasteiger partial charge in [-0.15, -0.1) is 0 Å². The van der Waals surface area contributed by atoms with E-state index in [1.807, 2.05) is 0 Å². The minimum atomic E-state index is -4.01. The van der Waals surface area contributed by atoms with Crippen molar-refractivity contribution in [2.24, 2.45) is 5.92 Å². The van der Waals surface area contributed by atoms with Crippen LogP contribution in [0.4, 0.5) is 10.1 Å². The van der Waals surface area contributed by atoms with Gasteiger partial charge < -0.3 is 5.32 Å². The molecule has 2 atom stereocenters. The highest BCUT2D eigenvalue weighted by atomic mass is 32.2. The number of carbonyl (C=O) groups excluding carboxylic acids is 1. The van der Waals surface area contributed by atoms with E-state index in [-0.39, 0.29) is 28.1 Å². The Hall–Kier alpha value is -2.41. The number of benzene rings is 2. The van der Waals surface area contributed by atoms with Gasteiger partial charge in [0, 0.05) is 11.6 Å². The number of hydrogen-bond acceptors (Lipinski definition) is 3. The van der Waals surface area contributed by atoms with E-state index in [2.05, 4.69) is 17.0 Å². The van der Waals surface area contributed by atoms with Crippen molar-refractivity contribution in [2.75, 3.05) is 4.72 Å². The number of carbonyl (C=O) groups is 1. The summed E-state index contributed by atoms with van der Waals surface area (Å²) in [6, 6.07) is 11.4. The summed E-state index contributed by atoms with van der Waals surface area (Å²) in [5.41, 5.74) is 0.132. The van der Waals surface area contributed by atoms with Crippen LogP contribution in [-0.2, 0) is 10.0 Å². The molecule has 2 aromatic carbocycles. The molecule has 5 nitrogen and oxygen atoms in total. The molecule has 1 amide bonds. The molecule has 144 valence electrons. The molecule has 2 N–H and O–H groups in total. The Morgan fingerprint density at radius 2 is 1.81 bits per heavy atom. The van der Waals surface area contributed by atoms with E-state index in [0.29, 0.717) is 5.92 Å². The summed E-state index contributed by atoms with van der Waals surface area (Å²) in [5.74, 6) is -0.560. The topological polar surface area (TPSA) is 75.3 Å². The number of sulfonamides is 1. The monoisotopic (exact) mass is 390 g/mol. The molecule has 0 spiro atoms. The number of nitrogens with one attached hydrogen (secondary N) is 2. The van der Waals surface area contributed by atoms with E-state index in [4.69, 9.17) is 0 Å². The van der Waals surface area contributed by atoms with Crippen LogP contribution in [0.2, 0.25) is 0 Å². The maximum atomic E-state index is 13.7. The van der Waals surface area contributed by atoms with Crippen LogP contribution in [-0.4, -0.2) is 20.4 Å². The SMILES string of the molecule is C[C@@H]1CCCC[C@@H]1NC(=O)c1cccc(S(=O)(=O)Nc2ccccc2F)c1. The average Bonchev–Trinajstić information content (AvgIpc) is 2.65. The van der Waals surface area contributed by atoms with Crippen LogP contribution < -0.4 is 10.0 Å². The molecule has 27 heavy (non-hydrogen) atoms. The fourth-order valence-electron chi connectivity index (χ4n) is 3.33. The van der Waals surface area contributed by atoms with Crippen molar-refractivity contribution in [1.29, 1.82) is 0 Å². The number of halogens is 1. The Labute approximate surface area is 159 Å². The van der Waals surface area contributed by atoms with Gasteiger partial charge in [-0.25, -0.2) is 12.8 Å². The fourth-order valence-corrected chi connectivity index (χ4v) is 4.45. The number of hydrogen-bond donors (Lipinski definition) is 2. The number of amides is 1. The fraction of sp³-hybridized carbons (Fsp3) is 0.350. The second-order valence-corrected chi connectivity index (χ2v) is 8.64. The number of anilines is 1. The molecule has 0 radical (unpaired) electrons. The average molecular weight is 390 g/mol. The van der Waals surface area contributed by atoms with Gasteiger partial charge in [-0.1, -0.05) is 38.0 Å². The quantitative estimate of drug-likeness (QED) is 0.812. The molecule has 7 heteroatoms. The normalized spacial score (nSPS) is 20.1. The smallest absolute Gasteiger partial charge is 0.262 e.